The fraction of sp³-hybridized carbons (Fsp3) is 0.0769. The lowest BCUT2D eigenvalue weighted by atomic mass is 10.1. The van der Waals surface area contributed by atoms with E-state index in [1.807, 2.05) is 30.3 Å². The zero-order chi connectivity index (χ0) is 10.7. The van der Waals surface area contributed by atoms with Crippen LogP contribution in [0, 0.1) is 0 Å². The summed E-state index contributed by atoms with van der Waals surface area (Å²) in [6, 6.07) is 15.5. The first-order chi connectivity index (χ1) is 7.25. The minimum absolute atomic E-state index is 0.311. The first kappa shape index (κ1) is 10.2. The molecule has 0 atom stereocenters. The van der Waals surface area contributed by atoms with Crippen molar-refractivity contribution in [1.29, 1.82) is 0 Å². The van der Waals surface area contributed by atoms with Crippen LogP contribution in [0.15, 0.2) is 53.0 Å². The maximum atomic E-state index is 9.17. The van der Waals surface area contributed by atoms with Crippen LogP contribution in [-0.2, 0) is 6.42 Å². The van der Waals surface area contributed by atoms with Gasteiger partial charge in [0, 0.05) is 4.47 Å². The number of benzene rings is 2. The molecule has 1 nitrogen and oxygen atoms in total. The summed E-state index contributed by atoms with van der Waals surface area (Å²) in [6.07, 6.45) is 0.877. The van der Waals surface area contributed by atoms with Gasteiger partial charge in [-0.1, -0.05) is 46.3 Å². The molecule has 1 N–H and O–H groups in total. The Morgan fingerprint density at radius 1 is 0.933 bits per heavy atom. The molecule has 0 unspecified atom stereocenters. The summed E-state index contributed by atoms with van der Waals surface area (Å²) in [6.45, 7) is 0. The van der Waals surface area contributed by atoms with Crippen molar-refractivity contribution in [2.24, 2.45) is 0 Å². The fourth-order valence-corrected chi connectivity index (χ4v) is 1.90. The van der Waals surface area contributed by atoms with Crippen LogP contribution in [0.1, 0.15) is 11.1 Å². The summed E-state index contributed by atoms with van der Waals surface area (Å²) in [4.78, 5) is 0. The zero-order valence-corrected chi connectivity index (χ0v) is 9.74. The van der Waals surface area contributed by atoms with Crippen molar-refractivity contribution in [3.63, 3.8) is 0 Å². The van der Waals surface area contributed by atoms with Crippen LogP contribution in [0.2, 0.25) is 0 Å². The van der Waals surface area contributed by atoms with E-state index in [0.717, 1.165) is 10.9 Å². The lowest BCUT2D eigenvalue weighted by Gasteiger charge is -2.04. The minimum Gasteiger partial charge on any atom is -0.508 e. The number of phenolic OH excluding ortho intramolecular Hbond substituents is 1. The van der Waals surface area contributed by atoms with Crippen molar-refractivity contribution in [3.8, 4) is 5.75 Å². The Kier molecular flexibility index (Phi) is 3.07. The van der Waals surface area contributed by atoms with Gasteiger partial charge in [-0.2, -0.15) is 0 Å². The van der Waals surface area contributed by atoms with Gasteiger partial charge in [-0.05, 0) is 35.7 Å². The van der Waals surface area contributed by atoms with Crippen LogP contribution in [0.5, 0.6) is 5.75 Å². The summed E-state index contributed by atoms with van der Waals surface area (Å²) >= 11 is 3.52. The number of halogens is 1. The molecule has 0 saturated carbocycles. The van der Waals surface area contributed by atoms with E-state index in [9.17, 15) is 0 Å². The molecular formula is C13H11BrO. The Balaban J connectivity index is 2.22. The topological polar surface area (TPSA) is 20.2 Å². The summed E-state index contributed by atoms with van der Waals surface area (Å²) in [5.74, 6) is 0.311. The highest BCUT2D eigenvalue weighted by atomic mass is 79.9. The van der Waals surface area contributed by atoms with E-state index < -0.39 is 0 Å². The predicted molar refractivity (Wildman–Crippen MR) is 65.1 cm³/mol. The molecule has 15 heavy (non-hydrogen) atoms. The Bertz CT molecular complexity index is 448. The van der Waals surface area contributed by atoms with Crippen LogP contribution in [-0.4, -0.2) is 5.11 Å². The predicted octanol–water partition coefficient (Wildman–Crippen LogP) is 3.75. The lowest BCUT2D eigenvalue weighted by Crippen LogP contribution is -1.88. The smallest absolute Gasteiger partial charge is 0.115 e. The van der Waals surface area contributed by atoms with E-state index in [1.54, 1.807) is 12.1 Å². The van der Waals surface area contributed by atoms with Crippen molar-refractivity contribution in [2.45, 2.75) is 6.42 Å². The second kappa shape index (κ2) is 4.49. The first-order valence-corrected chi connectivity index (χ1v) is 5.56. The number of phenols is 1. The molecule has 2 heteroatoms. The Morgan fingerprint density at radius 3 is 2.27 bits per heavy atom. The molecule has 0 aliphatic rings. The number of hydrogen-bond acceptors (Lipinski definition) is 1. The van der Waals surface area contributed by atoms with Crippen molar-refractivity contribution < 1.29 is 5.11 Å². The highest BCUT2D eigenvalue weighted by molar-refractivity contribution is 9.10. The minimum atomic E-state index is 0.311. The lowest BCUT2D eigenvalue weighted by molar-refractivity contribution is 0.475. The maximum Gasteiger partial charge on any atom is 0.115 e. The Labute approximate surface area is 97.5 Å². The van der Waals surface area contributed by atoms with Crippen LogP contribution >= 0.6 is 15.9 Å². The zero-order valence-electron chi connectivity index (χ0n) is 8.15. The van der Waals surface area contributed by atoms with Crippen molar-refractivity contribution in [1.82, 2.24) is 0 Å². The van der Waals surface area contributed by atoms with E-state index in [2.05, 4.69) is 22.0 Å². The molecule has 0 aliphatic heterocycles. The van der Waals surface area contributed by atoms with Crippen LogP contribution in [0.25, 0.3) is 0 Å². The van der Waals surface area contributed by atoms with E-state index >= 15 is 0 Å². The monoisotopic (exact) mass is 262 g/mol. The molecule has 76 valence electrons. The molecule has 2 aromatic carbocycles. The Hall–Kier alpha value is -1.28. The maximum absolute atomic E-state index is 9.17. The van der Waals surface area contributed by atoms with Crippen molar-refractivity contribution >= 4 is 15.9 Å². The molecule has 0 fully saturated rings. The molecule has 0 aliphatic carbocycles. The van der Waals surface area contributed by atoms with Crippen LogP contribution in [0.4, 0.5) is 0 Å². The normalized spacial score (nSPS) is 10.2. The molecule has 0 aromatic heterocycles. The number of hydrogen-bond donors (Lipinski definition) is 1. The fourth-order valence-electron chi connectivity index (χ4n) is 1.48. The van der Waals surface area contributed by atoms with E-state index in [1.165, 1.54) is 11.1 Å². The van der Waals surface area contributed by atoms with Gasteiger partial charge in [-0.25, -0.2) is 0 Å². The molecule has 2 rings (SSSR count). The van der Waals surface area contributed by atoms with Crippen molar-refractivity contribution in [3.05, 3.63) is 64.1 Å². The first-order valence-electron chi connectivity index (χ1n) is 4.77. The number of aromatic hydroxyl groups is 1. The highest BCUT2D eigenvalue weighted by Crippen LogP contribution is 2.20. The van der Waals surface area contributed by atoms with Crippen LogP contribution < -0.4 is 0 Å². The summed E-state index contributed by atoms with van der Waals surface area (Å²) in [5, 5.41) is 9.17. The van der Waals surface area contributed by atoms with Gasteiger partial charge in [0.05, 0.1) is 0 Å². The average molecular weight is 263 g/mol. The van der Waals surface area contributed by atoms with Gasteiger partial charge in [0.1, 0.15) is 5.75 Å². The van der Waals surface area contributed by atoms with Gasteiger partial charge >= 0.3 is 0 Å². The SMILES string of the molecule is Oc1ccc(Cc2ccccc2Br)cc1. The molecule has 0 radical (unpaired) electrons. The largest absolute Gasteiger partial charge is 0.508 e. The molecular weight excluding hydrogens is 252 g/mol. The summed E-state index contributed by atoms with van der Waals surface area (Å²) < 4.78 is 1.12. The second-order valence-electron chi connectivity index (χ2n) is 3.43. The summed E-state index contributed by atoms with van der Waals surface area (Å²) in [7, 11) is 0. The molecule has 0 heterocycles. The second-order valence-corrected chi connectivity index (χ2v) is 4.29. The molecule has 2 aromatic rings. The third-order valence-corrected chi connectivity index (χ3v) is 3.06. The number of rotatable bonds is 2. The molecule has 0 saturated heterocycles. The quantitative estimate of drug-likeness (QED) is 0.874. The van der Waals surface area contributed by atoms with E-state index in [0.29, 0.717) is 5.75 Å². The molecule has 0 amide bonds. The molecule has 0 spiro atoms. The molecule has 0 bridgehead atoms. The van der Waals surface area contributed by atoms with Crippen molar-refractivity contribution in [2.75, 3.05) is 0 Å². The van der Waals surface area contributed by atoms with Gasteiger partial charge in [0.25, 0.3) is 0 Å². The van der Waals surface area contributed by atoms with Gasteiger partial charge < -0.3 is 5.11 Å². The highest BCUT2D eigenvalue weighted by Gasteiger charge is 2.00. The third-order valence-electron chi connectivity index (χ3n) is 2.29. The Morgan fingerprint density at radius 2 is 1.60 bits per heavy atom. The average Bonchev–Trinajstić information content (AvgIpc) is 2.25. The van der Waals surface area contributed by atoms with Gasteiger partial charge in [0.2, 0.25) is 0 Å². The van der Waals surface area contributed by atoms with Gasteiger partial charge in [-0.15, -0.1) is 0 Å². The van der Waals surface area contributed by atoms with E-state index in [-0.39, 0.29) is 0 Å². The standard InChI is InChI=1S/C13H11BrO/c14-13-4-2-1-3-11(13)9-10-5-7-12(15)8-6-10/h1-8,15H,9H2. The third kappa shape index (κ3) is 2.60. The van der Waals surface area contributed by atoms with E-state index in [4.69, 9.17) is 5.11 Å². The van der Waals surface area contributed by atoms with Gasteiger partial charge in [0.15, 0.2) is 0 Å². The summed E-state index contributed by atoms with van der Waals surface area (Å²) in [5.41, 5.74) is 2.45. The van der Waals surface area contributed by atoms with Gasteiger partial charge in [-0.3, -0.25) is 0 Å². The van der Waals surface area contributed by atoms with Crippen LogP contribution in [0.3, 0.4) is 0 Å².